The minimum atomic E-state index is -1.05. The molecule has 3 N–H and O–H groups in total. The zero-order valence-corrected chi connectivity index (χ0v) is 21.1. The fourth-order valence-corrected chi connectivity index (χ4v) is 4.84. The molecule has 1 saturated carbocycles. The molecule has 1 aliphatic heterocycles. The number of ether oxygens (including phenoxy) is 1. The van der Waals surface area contributed by atoms with Gasteiger partial charge in [-0.1, -0.05) is 24.3 Å². The summed E-state index contributed by atoms with van der Waals surface area (Å²) >= 11 is 0. The molecule has 194 valence electrons. The van der Waals surface area contributed by atoms with Gasteiger partial charge in [-0.15, -0.1) is 0 Å². The molecular formula is C29H29FN6O2. The van der Waals surface area contributed by atoms with Crippen molar-refractivity contribution in [2.45, 2.75) is 38.4 Å². The Bertz CT molecular complexity index is 1490. The number of anilines is 2. The van der Waals surface area contributed by atoms with E-state index in [1.165, 1.54) is 0 Å². The van der Waals surface area contributed by atoms with E-state index in [2.05, 4.69) is 25.9 Å². The van der Waals surface area contributed by atoms with Crippen LogP contribution < -0.4 is 20.7 Å². The molecular weight excluding hydrogens is 483 g/mol. The van der Waals surface area contributed by atoms with Crippen molar-refractivity contribution in [3.8, 4) is 22.9 Å². The number of carbonyl (C=O) groups excluding carboxylic acids is 1. The molecule has 1 unspecified atom stereocenters. The number of pyridine rings is 1. The van der Waals surface area contributed by atoms with E-state index in [1.807, 2.05) is 55.5 Å². The average Bonchev–Trinajstić information content (AvgIpc) is 3.68. The zero-order chi connectivity index (χ0) is 26.1. The maximum Gasteiger partial charge on any atom is 0.230 e. The molecule has 4 aromatic rings. The molecule has 0 bridgehead atoms. The monoisotopic (exact) mass is 512 g/mol. The smallest absolute Gasteiger partial charge is 0.230 e. The van der Waals surface area contributed by atoms with Gasteiger partial charge in [-0.2, -0.15) is 0 Å². The van der Waals surface area contributed by atoms with Crippen LogP contribution in [0.1, 0.15) is 24.8 Å². The average molecular weight is 513 g/mol. The van der Waals surface area contributed by atoms with Gasteiger partial charge in [0, 0.05) is 41.4 Å². The first kappa shape index (κ1) is 24.2. The molecule has 2 aromatic heterocycles. The van der Waals surface area contributed by atoms with Crippen LogP contribution in [0.4, 0.5) is 16.0 Å². The first-order valence-corrected chi connectivity index (χ1v) is 13.0. The van der Waals surface area contributed by atoms with Crippen LogP contribution >= 0.6 is 0 Å². The van der Waals surface area contributed by atoms with Crippen molar-refractivity contribution >= 4 is 28.3 Å². The lowest BCUT2D eigenvalue weighted by Gasteiger charge is -2.23. The summed E-state index contributed by atoms with van der Waals surface area (Å²) in [7, 11) is 0. The largest absolute Gasteiger partial charge is 0.437 e. The normalized spacial score (nSPS) is 20.6. The fraction of sp³-hybridized carbons (Fsp3) is 0.310. The van der Waals surface area contributed by atoms with E-state index < -0.39 is 12.1 Å². The summed E-state index contributed by atoms with van der Waals surface area (Å²) in [5.41, 5.74) is 2.98. The molecule has 3 heterocycles. The first-order valence-electron chi connectivity index (χ1n) is 13.0. The maximum atomic E-state index is 13.4. The van der Waals surface area contributed by atoms with Gasteiger partial charge in [0.05, 0.1) is 17.2 Å². The Morgan fingerprint density at radius 1 is 1.08 bits per heavy atom. The van der Waals surface area contributed by atoms with Gasteiger partial charge in [-0.05, 0) is 62.6 Å². The Morgan fingerprint density at radius 2 is 1.97 bits per heavy atom. The zero-order valence-electron chi connectivity index (χ0n) is 21.1. The van der Waals surface area contributed by atoms with Crippen LogP contribution in [0, 0.1) is 12.8 Å². The number of rotatable bonds is 7. The van der Waals surface area contributed by atoms with Crippen molar-refractivity contribution in [3.05, 3.63) is 66.5 Å². The Morgan fingerprint density at radius 3 is 2.79 bits per heavy atom. The van der Waals surface area contributed by atoms with Crippen molar-refractivity contribution in [1.29, 1.82) is 0 Å². The third kappa shape index (κ3) is 5.02. The van der Waals surface area contributed by atoms with E-state index in [0.717, 1.165) is 47.8 Å². The number of carbonyl (C=O) groups is 1. The van der Waals surface area contributed by atoms with Gasteiger partial charge in [-0.25, -0.2) is 19.3 Å². The number of nitrogens with one attached hydrogen (secondary N) is 3. The Labute approximate surface area is 220 Å². The predicted octanol–water partition coefficient (Wildman–Crippen LogP) is 5.25. The third-order valence-electron chi connectivity index (χ3n) is 7.05. The lowest BCUT2D eigenvalue weighted by molar-refractivity contribution is -0.117. The van der Waals surface area contributed by atoms with E-state index in [0.29, 0.717) is 29.0 Å². The standard InChI is InChI=1S/C29H29FN6O2/c1-17-9-10-19-20(6-2-8-24(19)35-27(37)22-15-23(22)30)26(17)38-28-21(7-4-13-32-28)25-11-14-33-29(36-25)34-18-5-3-12-31-16-18/h2,4,6-11,13-14,18,22-23,31H,3,5,12,15-16H2,1H3,(H,35,37)(H,33,34,36)/t18?,22-,23-/m1/s1. The highest BCUT2D eigenvalue weighted by atomic mass is 19.1. The van der Waals surface area contributed by atoms with Crippen molar-refractivity contribution in [2.75, 3.05) is 23.7 Å². The van der Waals surface area contributed by atoms with Gasteiger partial charge in [0.15, 0.2) is 0 Å². The fourth-order valence-electron chi connectivity index (χ4n) is 4.84. The van der Waals surface area contributed by atoms with Gasteiger partial charge in [0.2, 0.25) is 17.7 Å². The predicted molar refractivity (Wildman–Crippen MR) is 145 cm³/mol. The second kappa shape index (κ2) is 10.3. The summed E-state index contributed by atoms with van der Waals surface area (Å²) in [4.78, 5) is 26.1. The summed E-state index contributed by atoms with van der Waals surface area (Å²) in [6, 6.07) is 15.4. The van der Waals surface area contributed by atoms with Crippen molar-refractivity contribution < 1.29 is 13.9 Å². The topological polar surface area (TPSA) is 101 Å². The minimum Gasteiger partial charge on any atom is -0.437 e. The molecule has 2 fully saturated rings. The van der Waals surface area contributed by atoms with Crippen molar-refractivity contribution in [2.24, 2.45) is 5.92 Å². The highest BCUT2D eigenvalue weighted by molar-refractivity contribution is 6.05. The highest BCUT2D eigenvalue weighted by Gasteiger charge is 2.43. The number of benzene rings is 2. The molecule has 9 heteroatoms. The molecule has 2 aliphatic rings. The first-order chi connectivity index (χ1) is 18.6. The minimum absolute atomic E-state index is 0.282. The highest BCUT2D eigenvalue weighted by Crippen LogP contribution is 2.40. The second-order valence-electron chi connectivity index (χ2n) is 9.87. The number of aryl methyl sites for hydroxylation is 1. The van der Waals surface area contributed by atoms with Crippen molar-refractivity contribution in [1.82, 2.24) is 20.3 Å². The maximum absolute atomic E-state index is 13.4. The quantitative estimate of drug-likeness (QED) is 0.311. The molecule has 2 aromatic carbocycles. The number of halogens is 1. The van der Waals surface area contributed by atoms with Crippen LogP contribution in [-0.2, 0) is 4.79 Å². The van der Waals surface area contributed by atoms with Gasteiger partial charge >= 0.3 is 0 Å². The number of alkyl halides is 1. The lowest BCUT2D eigenvalue weighted by atomic mass is 10.0. The SMILES string of the molecule is Cc1ccc2c(NC(=O)[C@@H]3C[C@H]3F)cccc2c1Oc1ncccc1-c1ccnc(NC2CCCNC2)n1. The summed E-state index contributed by atoms with van der Waals surface area (Å²) in [5.74, 6) is 0.758. The molecule has 6 rings (SSSR count). The molecule has 1 saturated heterocycles. The third-order valence-corrected chi connectivity index (χ3v) is 7.05. The Hall–Kier alpha value is -4.11. The summed E-state index contributed by atoms with van der Waals surface area (Å²) < 4.78 is 19.9. The molecule has 3 atom stereocenters. The summed E-state index contributed by atoms with van der Waals surface area (Å²) in [6.07, 6.45) is 4.83. The van der Waals surface area contributed by atoms with Crippen LogP contribution in [0.2, 0.25) is 0 Å². The van der Waals surface area contributed by atoms with E-state index in [9.17, 15) is 9.18 Å². The van der Waals surface area contributed by atoms with Crippen LogP contribution in [0.15, 0.2) is 60.9 Å². The van der Waals surface area contributed by atoms with Gasteiger partial charge in [0.25, 0.3) is 0 Å². The number of aromatic nitrogens is 3. The number of piperidine rings is 1. The van der Waals surface area contributed by atoms with Crippen LogP contribution in [0.3, 0.4) is 0 Å². The number of hydrogen-bond donors (Lipinski definition) is 3. The van der Waals surface area contributed by atoms with E-state index in [-0.39, 0.29) is 18.4 Å². The van der Waals surface area contributed by atoms with E-state index in [4.69, 9.17) is 9.72 Å². The Kier molecular flexibility index (Phi) is 6.59. The molecule has 38 heavy (non-hydrogen) atoms. The lowest BCUT2D eigenvalue weighted by Crippen LogP contribution is -2.38. The van der Waals surface area contributed by atoms with Crippen LogP contribution in [0.5, 0.6) is 11.6 Å². The molecule has 0 radical (unpaired) electrons. The second-order valence-corrected chi connectivity index (χ2v) is 9.87. The Balaban J connectivity index is 1.31. The molecule has 1 aliphatic carbocycles. The van der Waals surface area contributed by atoms with Crippen LogP contribution in [0.25, 0.3) is 22.0 Å². The van der Waals surface area contributed by atoms with E-state index in [1.54, 1.807) is 12.4 Å². The van der Waals surface area contributed by atoms with E-state index >= 15 is 0 Å². The summed E-state index contributed by atoms with van der Waals surface area (Å²) in [5, 5.41) is 11.3. The molecule has 0 spiro atoms. The molecule has 1 amide bonds. The number of nitrogens with zero attached hydrogens (tertiary/aromatic N) is 3. The number of fused-ring (bicyclic) bond motifs is 1. The van der Waals surface area contributed by atoms with Gasteiger partial charge in [-0.3, -0.25) is 4.79 Å². The van der Waals surface area contributed by atoms with Crippen LogP contribution in [-0.4, -0.2) is 46.2 Å². The van der Waals surface area contributed by atoms with Gasteiger partial charge < -0.3 is 20.7 Å². The van der Waals surface area contributed by atoms with Gasteiger partial charge in [0.1, 0.15) is 11.9 Å². The van der Waals surface area contributed by atoms with Crippen molar-refractivity contribution in [3.63, 3.8) is 0 Å². The number of hydrogen-bond acceptors (Lipinski definition) is 7. The molecule has 8 nitrogen and oxygen atoms in total. The summed E-state index contributed by atoms with van der Waals surface area (Å²) in [6.45, 7) is 3.88. The number of amides is 1.